The lowest BCUT2D eigenvalue weighted by Gasteiger charge is -2.42. The number of benzene rings is 1. The van der Waals surface area contributed by atoms with E-state index in [-0.39, 0.29) is 5.41 Å². The monoisotopic (exact) mass is 317 g/mol. The van der Waals surface area contributed by atoms with Crippen LogP contribution in [-0.4, -0.2) is 16.5 Å². The lowest BCUT2D eigenvalue weighted by Crippen LogP contribution is -2.41. The molecule has 0 radical (unpaired) electrons. The highest BCUT2D eigenvalue weighted by molar-refractivity contribution is 9.10. The largest absolute Gasteiger partial charge is 0.353 e. The van der Waals surface area contributed by atoms with E-state index in [4.69, 9.17) is 0 Å². The molecular weight excluding hydrogens is 302 g/mol. The Morgan fingerprint density at radius 1 is 1.16 bits per heavy atom. The Bertz CT molecular complexity index is 552. The highest BCUT2D eigenvalue weighted by atomic mass is 79.9. The van der Waals surface area contributed by atoms with Gasteiger partial charge in [0.1, 0.15) is 0 Å². The summed E-state index contributed by atoms with van der Waals surface area (Å²) in [7, 11) is 0. The standard InChI is InChI=1S/C15H16BrN3/c16-13-5-1-4-12(10-13)15(6-2-7-15)11-19-14-17-8-3-9-18-14/h1,3-5,8-10H,2,6-7,11H2,(H,17,18,19). The van der Waals surface area contributed by atoms with Gasteiger partial charge in [-0.1, -0.05) is 34.5 Å². The van der Waals surface area contributed by atoms with Crippen LogP contribution in [0.5, 0.6) is 0 Å². The molecule has 1 N–H and O–H groups in total. The van der Waals surface area contributed by atoms with Gasteiger partial charge in [0.25, 0.3) is 0 Å². The number of halogens is 1. The van der Waals surface area contributed by atoms with Gasteiger partial charge < -0.3 is 5.32 Å². The Morgan fingerprint density at radius 3 is 2.58 bits per heavy atom. The van der Waals surface area contributed by atoms with Crippen LogP contribution in [0.4, 0.5) is 5.95 Å². The molecule has 1 fully saturated rings. The fraction of sp³-hybridized carbons (Fsp3) is 0.333. The molecule has 1 saturated carbocycles. The van der Waals surface area contributed by atoms with Crippen molar-refractivity contribution >= 4 is 21.9 Å². The molecule has 0 amide bonds. The van der Waals surface area contributed by atoms with Gasteiger partial charge in [0, 0.05) is 28.8 Å². The van der Waals surface area contributed by atoms with Crippen molar-refractivity contribution in [3.63, 3.8) is 0 Å². The van der Waals surface area contributed by atoms with E-state index in [1.807, 2.05) is 6.07 Å². The number of aromatic nitrogens is 2. The third kappa shape index (κ3) is 2.63. The zero-order chi connectivity index (χ0) is 13.1. The van der Waals surface area contributed by atoms with Gasteiger partial charge in [-0.05, 0) is 36.6 Å². The highest BCUT2D eigenvalue weighted by Crippen LogP contribution is 2.44. The molecular formula is C15H16BrN3. The molecule has 2 aromatic rings. The summed E-state index contributed by atoms with van der Waals surface area (Å²) >= 11 is 3.56. The van der Waals surface area contributed by atoms with E-state index in [1.54, 1.807) is 12.4 Å². The molecule has 1 heterocycles. The van der Waals surface area contributed by atoms with Crippen LogP contribution in [0.25, 0.3) is 0 Å². The van der Waals surface area contributed by atoms with Crippen molar-refractivity contribution in [2.24, 2.45) is 0 Å². The van der Waals surface area contributed by atoms with E-state index in [9.17, 15) is 0 Å². The molecule has 1 aromatic carbocycles. The fourth-order valence-corrected chi connectivity index (χ4v) is 3.03. The van der Waals surface area contributed by atoms with Crippen LogP contribution in [0, 0.1) is 0 Å². The van der Waals surface area contributed by atoms with Crippen LogP contribution in [0.15, 0.2) is 47.2 Å². The lowest BCUT2D eigenvalue weighted by atomic mass is 9.64. The minimum atomic E-state index is 0.239. The first-order valence-electron chi connectivity index (χ1n) is 6.55. The van der Waals surface area contributed by atoms with E-state index in [2.05, 4.69) is 55.5 Å². The Labute approximate surface area is 121 Å². The van der Waals surface area contributed by atoms with Crippen molar-refractivity contribution in [2.75, 3.05) is 11.9 Å². The number of hydrogen-bond donors (Lipinski definition) is 1. The number of rotatable bonds is 4. The second-order valence-corrected chi connectivity index (χ2v) is 5.99. The molecule has 3 rings (SSSR count). The molecule has 0 saturated heterocycles. The Kier molecular flexibility index (Phi) is 3.51. The number of nitrogens with one attached hydrogen (secondary N) is 1. The van der Waals surface area contributed by atoms with Crippen molar-refractivity contribution in [3.05, 3.63) is 52.8 Å². The number of hydrogen-bond acceptors (Lipinski definition) is 3. The van der Waals surface area contributed by atoms with Gasteiger partial charge in [-0.2, -0.15) is 0 Å². The molecule has 1 aliphatic rings. The van der Waals surface area contributed by atoms with Crippen molar-refractivity contribution in [2.45, 2.75) is 24.7 Å². The Hall–Kier alpha value is -1.42. The molecule has 0 aliphatic heterocycles. The van der Waals surface area contributed by atoms with Gasteiger partial charge in [0.15, 0.2) is 0 Å². The molecule has 4 heteroatoms. The third-order valence-electron chi connectivity index (χ3n) is 3.90. The summed E-state index contributed by atoms with van der Waals surface area (Å²) in [6, 6.07) is 10.5. The summed E-state index contributed by atoms with van der Waals surface area (Å²) in [5.41, 5.74) is 1.64. The van der Waals surface area contributed by atoms with Crippen LogP contribution in [-0.2, 0) is 5.41 Å². The summed E-state index contributed by atoms with van der Waals surface area (Å²) < 4.78 is 1.15. The second kappa shape index (κ2) is 5.29. The quantitative estimate of drug-likeness (QED) is 0.932. The molecule has 0 bridgehead atoms. The lowest BCUT2D eigenvalue weighted by molar-refractivity contribution is 0.260. The molecule has 3 nitrogen and oxygen atoms in total. The van der Waals surface area contributed by atoms with Crippen LogP contribution in [0.1, 0.15) is 24.8 Å². The predicted molar refractivity (Wildman–Crippen MR) is 80.2 cm³/mol. The first-order valence-corrected chi connectivity index (χ1v) is 7.35. The zero-order valence-electron chi connectivity index (χ0n) is 10.6. The van der Waals surface area contributed by atoms with E-state index < -0.39 is 0 Å². The molecule has 19 heavy (non-hydrogen) atoms. The smallest absolute Gasteiger partial charge is 0.222 e. The van der Waals surface area contributed by atoms with Crippen LogP contribution < -0.4 is 5.32 Å². The summed E-state index contributed by atoms with van der Waals surface area (Å²) in [6.45, 7) is 0.896. The minimum absolute atomic E-state index is 0.239. The minimum Gasteiger partial charge on any atom is -0.353 e. The molecule has 1 aromatic heterocycles. The SMILES string of the molecule is Brc1cccc(C2(CNc3ncccn3)CCC2)c1. The van der Waals surface area contributed by atoms with Gasteiger partial charge in [0.2, 0.25) is 5.95 Å². The first-order chi connectivity index (χ1) is 9.28. The topological polar surface area (TPSA) is 37.8 Å². The summed E-state index contributed by atoms with van der Waals surface area (Å²) in [6.07, 6.45) is 7.28. The highest BCUT2D eigenvalue weighted by Gasteiger charge is 2.38. The zero-order valence-corrected chi connectivity index (χ0v) is 12.2. The van der Waals surface area contributed by atoms with Gasteiger partial charge in [0.05, 0.1) is 0 Å². The molecule has 0 atom stereocenters. The van der Waals surface area contributed by atoms with E-state index in [1.165, 1.54) is 24.8 Å². The van der Waals surface area contributed by atoms with Gasteiger partial charge in [-0.15, -0.1) is 0 Å². The van der Waals surface area contributed by atoms with Crippen molar-refractivity contribution in [3.8, 4) is 0 Å². The fourth-order valence-electron chi connectivity index (χ4n) is 2.63. The average molecular weight is 318 g/mol. The summed E-state index contributed by atoms with van der Waals surface area (Å²) in [4.78, 5) is 8.44. The van der Waals surface area contributed by atoms with Crippen molar-refractivity contribution in [1.29, 1.82) is 0 Å². The maximum Gasteiger partial charge on any atom is 0.222 e. The Balaban J connectivity index is 1.77. The summed E-state index contributed by atoms with van der Waals surface area (Å²) in [5, 5.41) is 3.37. The van der Waals surface area contributed by atoms with Gasteiger partial charge in [-0.3, -0.25) is 0 Å². The maximum atomic E-state index is 4.22. The number of nitrogens with zero attached hydrogens (tertiary/aromatic N) is 2. The summed E-state index contributed by atoms with van der Waals surface area (Å²) in [5.74, 6) is 0.712. The van der Waals surface area contributed by atoms with Gasteiger partial charge >= 0.3 is 0 Å². The normalized spacial score (nSPS) is 16.7. The van der Waals surface area contributed by atoms with E-state index >= 15 is 0 Å². The third-order valence-corrected chi connectivity index (χ3v) is 4.39. The second-order valence-electron chi connectivity index (χ2n) is 5.07. The van der Waals surface area contributed by atoms with Gasteiger partial charge in [-0.25, -0.2) is 9.97 Å². The van der Waals surface area contributed by atoms with Crippen molar-refractivity contribution in [1.82, 2.24) is 9.97 Å². The molecule has 0 unspecified atom stereocenters. The predicted octanol–water partition coefficient (Wildman–Crippen LogP) is 3.77. The first kappa shape index (κ1) is 12.6. The molecule has 98 valence electrons. The van der Waals surface area contributed by atoms with Crippen LogP contribution in [0.3, 0.4) is 0 Å². The Morgan fingerprint density at radius 2 is 1.95 bits per heavy atom. The average Bonchev–Trinajstić information content (AvgIpc) is 2.39. The number of anilines is 1. The van der Waals surface area contributed by atoms with Crippen LogP contribution >= 0.6 is 15.9 Å². The van der Waals surface area contributed by atoms with Crippen molar-refractivity contribution < 1.29 is 0 Å². The van der Waals surface area contributed by atoms with E-state index in [0.717, 1.165) is 11.0 Å². The molecule has 0 spiro atoms. The van der Waals surface area contributed by atoms with Crippen LogP contribution in [0.2, 0.25) is 0 Å². The maximum absolute atomic E-state index is 4.22. The van der Waals surface area contributed by atoms with E-state index in [0.29, 0.717) is 5.95 Å². The molecule has 1 aliphatic carbocycles.